The molecule has 0 aliphatic carbocycles. The lowest BCUT2D eigenvalue weighted by Crippen LogP contribution is -2.25. The standard InChI is InChI=1S/C14H30O3/c1-5-7-9-15-11-13(3)17-14(4)12-16-10-8-6-2/h13-14H,5-12H2,1-4H3. The van der Waals surface area contributed by atoms with Gasteiger partial charge in [-0.05, 0) is 26.7 Å². The summed E-state index contributed by atoms with van der Waals surface area (Å²) in [7, 11) is 0. The van der Waals surface area contributed by atoms with Crippen LogP contribution in [0.3, 0.4) is 0 Å². The van der Waals surface area contributed by atoms with Crippen molar-refractivity contribution in [2.24, 2.45) is 0 Å². The zero-order chi connectivity index (χ0) is 12.9. The van der Waals surface area contributed by atoms with Gasteiger partial charge in [0.05, 0.1) is 25.4 Å². The van der Waals surface area contributed by atoms with Crippen molar-refractivity contribution in [2.45, 2.75) is 65.6 Å². The molecule has 0 radical (unpaired) electrons. The third kappa shape index (κ3) is 12.1. The van der Waals surface area contributed by atoms with E-state index in [4.69, 9.17) is 14.2 Å². The first kappa shape index (κ1) is 16.9. The van der Waals surface area contributed by atoms with Gasteiger partial charge in [0.25, 0.3) is 0 Å². The molecule has 3 nitrogen and oxygen atoms in total. The summed E-state index contributed by atoms with van der Waals surface area (Å²) in [6.07, 6.45) is 4.91. The molecule has 0 amide bonds. The Bertz CT molecular complexity index is 134. The molecule has 0 fully saturated rings. The Morgan fingerprint density at radius 3 is 1.53 bits per heavy atom. The van der Waals surface area contributed by atoms with E-state index in [1.54, 1.807) is 0 Å². The normalized spacial score (nSPS) is 14.8. The summed E-state index contributed by atoms with van der Waals surface area (Å²) in [4.78, 5) is 0. The quantitative estimate of drug-likeness (QED) is 0.494. The summed E-state index contributed by atoms with van der Waals surface area (Å²) in [5.41, 5.74) is 0. The molecule has 0 aromatic heterocycles. The second-order valence-corrected chi connectivity index (χ2v) is 4.61. The van der Waals surface area contributed by atoms with Gasteiger partial charge >= 0.3 is 0 Å². The zero-order valence-electron chi connectivity index (χ0n) is 12.0. The third-order valence-electron chi connectivity index (χ3n) is 2.45. The molecule has 0 saturated carbocycles. The number of hydrogen-bond donors (Lipinski definition) is 0. The predicted octanol–water partition coefficient (Wildman–Crippen LogP) is 3.41. The molecule has 0 aromatic rings. The van der Waals surface area contributed by atoms with Crippen LogP contribution >= 0.6 is 0 Å². The summed E-state index contributed by atoms with van der Waals surface area (Å²) in [5.74, 6) is 0. The lowest BCUT2D eigenvalue weighted by molar-refractivity contribution is -0.0710. The Hall–Kier alpha value is -0.120. The highest BCUT2D eigenvalue weighted by Crippen LogP contribution is 2.01. The Balaban J connectivity index is 3.35. The molecule has 104 valence electrons. The molecule has 0 saturated heterocycles. The Morgan fingerprint density at radius 1 is 0.765 bits per heavy atom. The molecule has 0 heterocycles. The van der Waals surface area contributed by atoms with E-state index in [-0.39, 0.29) is 12.2 Å². The first-order valence-corrected chi connectivity index (χ1v) is 7.01. The number of hydrogen-bond acceptors (Lipinski definition) is 3. The number of rotatable bonds is 12. The van der Waals surface area contributed by atoms with Crippen LogP contribution in [0.1, 0.15) is 53.4 Å². The molecular formula is C14H30O3. The second kappa shape index (κ2) is 12.3. The van der Waals surface area contributed by atoms with Crippen molar-refractivity contribution in [3.63, 3.8) is 0 Å². The molecule has 0 aromatic carbocycles. The fourth-order valence-electron chi connectivity index (χ4n) is 1.47. The van der Waals surface area contributed by atoms with Crippen LogP contribution in [0.25, 0.3) is 0 Å². The van der Waals surface area contributed by atoms with E-state index in [0.717, 1.165) is 26.1 Å². The minimum Gasteiger partial charge on any atom is -0.379 e. The van der Waals surface area contributed by atoms with Crippen molar-refractivity contribution in [3.05, 3.63) is 0 Å². The lowest BCUT2D eigenvalue weighted by atomic mass is 10.3. The van der Waals surface area contributed by atoms with Gasteiger partial charge < -0.3 is 14.2 Å². The van der Waals surface area contributed by atoms with E-state index in [1.807, 2.05) is 0 Å². The minimum absolute atomic E-state index is 0.150. The summed E-state index contributed by atoms with van der Waals surface area (Å²) >= 11 is 0. The highest BCUT2D eigenvalue weighted by molar-refractivity contribution is 4.54. The predicted molar refractivity (Wildman–Crippen MR) is 71.5 cm³/mol. The van der Waals surface area contributed by atoms with Gasteiger partial charge in [-0.1, -0.05) is 26.7 Å². The maximum atomic E-state index is 5.76. The Morgan fingerprint density at radius 2 is 1.18 bits per heavy atom. The topological polar surface area (TPSA) is 27.7 Å². The van der Waals surface area contributed by atoms with Gasteiger partial charge in [0.2, 0.25) is 0 Å². The molecule has 2 unspecified atom stereocenters. The van der Waals surface area contributed by atoms with Crippen molar-refractivity contribution in [2.75, 3.05) is 26.4 Å². The molecule has 3 heteroatoms. The summed E-state index contributed by atoms with van der Waals surface area (Å²) in [6, 6.07) is 0. The SMILES string of the molecule is CCCCOCC(C)OC(C)COCCCC. The van der Waals surface area contributed by atoms with Crippen molar-refractivity contribution >= 4 is 0 Å². The minimum atomic E-state index is 0.150. The van der Waals surface area contributed by atoms with Gasteiger partial charge in [-0.15, -0.1) is 0 Å². The molecule has 0 bridgehead atoms. The van der Waals surface area contributed by atoms with E-state index >= 15 is 0 Å². The van der Waals surface area contributed by atoms with Gasteiger partial charge in [0.1, 0.15) is 0 Å². The fraction of sp³-hybridized carbons (Fsp3) is 1.00. The van der Waals surface area contributed by atoms with Crippen LogP contribution in [0.5, 0.6) is 0 Å². The number of ether oxygens (including phenoxy) is 3. The largest absolute Gasteiger partial charge is 0.379 e. The van der Waals surface area contributed by atoms with Crippen molar-refractivity contribution in [1.29, 1.82) is 0 Å². The van der Waals surface area contributed by atoms with Gasteiger partial charge in [-0.3, -0.25) is 0 Å². The van der Waals surface area contributed by atoms with Crippen LogP contribution in [0.4, 0.5) is 0 Å². The maximum absolute atomic E-state index is 5.76. The van der Waals surface area contributed by atoms with Crippen LogP contribution in [0.15, 0.2) is 0 Å². The van der Waals surface area contributed by atoms with Crippen molar-refractivity contribution < 1.29 is 14.2 Å². The summed E-state index contributed by atoms with van der Waals surface area (Å²) < 4.78 is 16.8. The van der Waals surface area contributed by atoms with E-state index < -0.39 is 0 Å². The van der Waals surface area contributed by atoms with Crippen LogP contribution in [-0.4, -0.2) is 38.6 Å². The van der Waals surface area contributed by atoms with Crippen molar-refractivity contribution in [1.82, 2.24) is 0 Å². The van der Waals surface area contributed by atoms with Gasteiger partial charge in [-0.25, -0.2) is 0 Å². The molecular weight excluding hydrogens is 216 g/mol. The monoisotopic (exact) mass is 246 g/mol. The summed E-state index contributed by atoms with van der Waals surface area (Å²) in [5, 5.41) is 0. The van der Waals surface area contributed by atoms with E-state index in [2.05, 4.69) is 27.7 Å². The van der Waals surface area contributed by atoms with Crippen molar-refractivity contribution in [3.8, 4) is 0 Å². The average molecular weight is 246 g/mol. The van der Waals surface area contributed by atoms with E-state index in [0.29, 0.717) is 13.2 Å². The molecule has 2 atom stereocenters. The lowest BCUT2D eigenvalue weighted by Gasteiger charge is -2.19. The van der Waals surface area contributed by atoms with Crippen LogP contribution in [-0.2, 0) is 14.2 Å². The van der Waals surface area contributed by atoms with Gasteiger partial charge in [0.15, 0.2) is 0 Å². The second-order valence-electron chi connectivity index (χ2n) is 4.61. The number of unbranched alkanes of at least 4 members (excludes halogenated alkanes) is 2. The first-order chi connectivity index (χ1) is 8.20. The molecule has 0 spiro atoms. The van der Waals surface area contributed by atoms with E-state index in [9.17, 15) is 0 Å². The smallest absolute Gasteiger partial charge is 0.0785 e. The fourth-order valence-corrected chi connectivity index (χ4v) is 1.47. The van der Waals surface area contributed by atoms with Gasteiger partial charge in [-0.2, -0.15) is 0 Å². The van der Waals surface area contributed by atoms with Gasteiger partial charge in [0, 0.05) is 13.2 Å². The summed E-state index contributed by atoms with van der Waals surface area (Å²) in [6.45, 7) is 11.5. The Kier molecular flexibility index (Phi) is 12.3. The molecule has 0 aliphatic heterocycles. The average Bonchev–Trinajstić information content (AvgIpc) is 2.30. The highest BCUT2D eigenvalue weighted by atomic mass is 16.6. The van der Waals surface area contributed by atoms with Crippen LogP contribution in [0, 0.1) is 0 Å². The molecule has 0 rings (SSSR count). The molecule has 17 heavy (non-hydrogen) atoms. The first-order valence-electron chi connectivity index (χ1n) is 7.01. The highest BCUT2D eigenvalue weighted by Gasteiger charge is 2.08. The third-order valence-corrected chi connectivity index (χ3v) is 2.45. The van der Waals surface area contributed by atoms with Crippen LogP contribution < -0.4 is 0 Å². The van der Waals surface area contributed by atoms with Crippen LogP contribution in [0.2, 0.25) is 0 Å². The zero-order valence-corrected chi connectivity index (χ0v) is 12.0. The maximum Gasteiger partial charge on any atom is 0.0785 e. The molecule has 0 aliphatic rings. The Labute approximate surface area is 107 Å². The van der Waals surface area contributed by atoms with E-state index in [1.165, 1.54) is 12.8 Å². The molecule has 0 N–H and O–H groups in total.